The zero-order valence-electron chi connectivity index (χ0n) is 9.60. The molecule has 2 aromatic rings. The Labute approximate surface area is 104 Å². The van der Waals surface area contributed by atoms with E-state index in [-0.39, 0.29) is 0 Å². The topological polar surface area (TPSA) is 34.1 Å². The molecule has 0 aromatic heterocycles. The number of rotatable bonds is 4. The van der Waals surface area contributed by atoms with Gasteiger partial charge < -0.3 is 0 Å². The fourth-order valence-corrected chi connectivity index (χ4v) is 1.95. The van der Waals surface area contributed by atoms with E-state index < -0.39 is 6.67 Å². The predicted molar refractivity (Wildman–Crippen MR) is 67.5 cm³/mol. The fraction of sp³-hybridized carbons (Fsp3) is 0.0667. The Morgan fingerprint density at radius 3 is 2.28 bits per heavy atom. The van der Waals surface area contributed by atoms with Crippen LogP contribution in [0.25, 0.3) is 11.1 Å². The van der Waals surface area contributed by atoms with E-state index >= 15 is 0 Å². The molecule has 0 saturated carbocycles. The summed E-state index contributed by atoms with van der Waals surface area (Å²) < 4.78 is 12.8. The van der Waals surface area contributed by atoms with Crippen LogP contribution in [0.4, 0.5) is 4.39 Å². The van der Waals surface area contributed by atoms with Crippen molar-refractivity contribution in [3.8, 4) is 11.1 Å². The van der Waals surface area contributed by atoms with Crippen molar-refractivity contribution in [2.75, 3.05) is 0 Å². The van der Waals surface area contributed by atoms with Gasteiger partial charge in [0.1, 0.15) is 6.67 Å². The third-order valence-corrected chi connectivity index (χ3v) is 2.84. The van der Waals surface area contributed by atoms with Crippen LogP contribution in [-0.2, 0) is 6.67 Å². The highest BCUT2D eigenvalue weighted by molar-refractivity contribution is 5.95. The third kappa shape index (κ3) is 2.07. The number of benzene rings is 2. The minimum absolute atomic E-state index is 0.300. The number of aldehydes is 2. The van der Waals surface area contributed by atoms with Gasteiger partial charge in [0, 0.05) is 11.1 Å². The van der Waals surface area contributed by atoms with Crippen LogP contribution in [-0.4, -0.2) is 12.6 Å². The van der Waals surface area contributed by atoms with Crippen LogP contribution in [0.5, 0.6) is 0 Å². The van der Waals surface area contributed by atoms with Crippen molar-refractivity contribution in [1.29, 1.82) is 0 Å². The second kappa shape index (κ2) is 5.36. The van der Waals surface area contributed by atoms with Gasteiger partial charge in [-0.3, -0.25) is 9.59 Å². The molecule has 0 saturated heterocycles. The minimum atomic E-state index is -0.703. The summed E-state index contributed by atoms with van der Waals surface area (Å²) in [5.74, 6) is 0. The summed E-state index contributed by atoms with van der Waals surface area (Å²) in [5.41, 5.74) is 2.35. The lowest BCUT2D eigenvalue weighted by atomic mass is 9.94. The lowest BCUT2D eigenvalue weighted by Crippen LogP contribution is -1.96. The smallest absolute Gasteiger partial charge is 0.151 e. The zero-order chi connectivity index (χ0) is 13.0. The van der Waals surface area contributed by atoms with E-state index in [1.54, 1.807) is 42.5 Å². The van der Waals surface area contributed by atoms with Gasteiger partial charge in [-0.2, -0.15) is 0 Å². The second-order valence-electron chi connectivity index (χ2n) is 3.83. The average molecular weight is 242 g/mol. The van der Waals surface area contributed by atoms with Crippen LogP contribution in [0.2, 0.25) is 0 Å². The zero-order valence-corrected chi connectivity index (χ0v) is 9.60. The molecule has 3 heteroatoms. The highest BCUT2D eigenvalue weighted by Crippen LogP contribution is 2.27. The maximum absolute atomic E-state index is 12.8. The first kappa shape index (κ1) is 12.2. The third-order valence-electron chi connectivity index (χ3n) is 2.84. The van der Waals surface area contributed by atoms with Crippen LogP contribution in [0.3, 0.4) is 0 Å². The Balaban J connectivity index is 2.70. The van der Waals surface area contributed by atoms with Crippen molar-refractivity contribution in [1.82, 2.24) is 0 Å². The quantitative estimate of drug-likeness (QED) is 0.769. The molecule has 0 aliphatic heterocycles. The number of alkyl halides is 1. The molecule has 2 rings (SSSR count). The van der Waals surface area contributed by atoms with Gasteiger partial charge in [0.15, 0.2) is 12.6 Å². The summed E-state index contributed by atoms with van der Waals surface area (Å²) in [4.78, 5) is 22.1. The van der Waals surface area contributed by atoms with Crippen LogP contribution in [0.1, 0.15) is 26.3 Å². The molecule has 18 heavy (non-hydrogen) atoms. The highest BCUT2D eigenvalue weighted by atomic mass is 19.1. The molecule has 0 amide bonds. The Kier molecular flexibility index (Phi) is 3.63. The minimum Gasteiger partial charge on any atom is -0.298 e. The molecule has 0 unspecified atom stereocenters. The summed E-state index contributed by atoms with van der Waals surface area (Å²) in [5, 5.41) is 0. The molecule has 2 nitrogen and oxygen atoms in total. The molecule has 0 atom stereocenters. The molecule has 0 bridgehead atoms. The molecular formula is C15H11FO2. The summed E-state index contributed by atoms with van der Waals surface area (Å²) in [6, 6.07) is 11.9. The largest absolute Gasteiger partial charge is 0.298 e. The van der Waals surface area contributed by atoms with E-state index in [1.807, 2.05) is 0 Å². The number of hydrogen-bond donors (Lipinski definition) is 0. The van der Waals surface area contributed by atoms with E-state index in [4.69, 9.17) is 0 Å². The van der Waals surface area contributed by atoms with Gasteiger partial charge in [0.05, 0.1) is 0 Å². The number of halogens is 1. The molecule has 90 valence electrons. The molecule has 0 spiro atoms. The van der Waals surface area contributed by atoms with Gasteiger partial charge in [-0.25, -0.2) is 4.39 Å². The monoisotopic (exact) mass is 242 g/mol. The van der Waals surface area contributed by atoms with Gasteiger partial charge in [-0.05, 0) is 16.7 Å². The van der Waals surface area contributed by atoms with Crippen LogP contribution < -0.4 is 0 Å². The van der Waals surface area contributed by atoms with E-state index in [1.165, 1.54) is 0 Å². The average Bonchev–Trinajstić information content (AvgIpc) is 2.46. The summed E-state index contributed by atoms with van der Waals surface area (Å²) in [6.45, 7) is -0.703. The summed E-state index contributed by atoms with van der Waals surface area (Å²) >= 11 is 0. The maximum atomic E-state index is 12.8. The first-order valence-corrected chi connectivity index (χ1v) is 5.49. The SMILES string of the molecule is O=Cc1ccccc1-c1cccc(CF)c1C=O. The Morgan fingerprint density at radius 2 is 1.61 bits per heavy atom. The lowest BCUT2D eigenvalue weighted by molar-refractivity contribution is 0.111. The predicted octanol–water partition coefficient (Wildman–Crippen LogP) is 3.45. The molecule has 0 N–H and O–H groups in total. The fourth-order valence-electron chi connectivity index (χ4n) is 1.95. The lowest BCUT2D eigenvalue weighted by Gasteiger charge is -2.10. The van der Waals surface area contributed by atoms with Crippen molar-refractivity contribution in [2.24, 2.45) is 0 Å². The van der Waals surface area contributed by atoms with Gasteiger partial charge in [-0.1, -0.05) is 42.5 Å². The molecule has 2 aromatic carbocycles. The maximum Gasteiger partial charge on any atom is 0.151 e. The Morgan fingerprint density at radius 1 is 0.889 bits per heavy atom. The Hall–Kier alpha value is -2.29. The number of carbonyl (C=O) groups excluding carboxylic acids is 2. The molecule has 0 aliphatic rings. The van der Waals surface area contributed by atoms with Crippen LogP contribution in [0.15, 0.2) is 42.5 Å². The number of carbonyl (C=O) groups is 2. The summed E-state index contributed by atoms with van der Waals surface area (Å²) in [7, 11) is 0. The molecular weight excluding hydrogens is 231 g/mol. The van der Waals surface area contributed by atoms with Crippen molar-refractivity contribution in [3.05, 3.63) is 59.2 Å². The van der Waals surface area contributed by atoms with Crippen LogP contribution >= 0.6 is 0 Å². The summed E-state index contributed by atoms with van der Waals surface area (Å²) in [6.07, 6.45) is 1.36. The first-order chi connectivity index (χ1) is 8.81. The number of hydrogen-bond acceptors (Lipinski definition) is 2. The van der Waals surface area contributed by atoms with Gasteiger partial charge in [0.2, 0.25) is 0 Å². The van der Waals surface area contributed by atoms with Crippen molar-refractivity contribution in [3.63, 3.8) is 0 Å². The van der Waals surface area contributed by atoms with Gasteiger partial charge in [-0.15, -0.1) is 0 Å². The van der Waals surface area contributed by atoms with E-state index in [2.05, 4.69) is 0 Å². The standard InChI is InChI=1S/C15H11FO2/c16-8-11-5-3-7-14(15(11)10-18)13-6-2-1-4-12(13)9-17/h1-7,9-10H,8H2. The van der Waals surface area contributed by atoms with E-state index in [9.17, 15) is 14.0 Å². The van der Waals surface area contributed by atoms with Gasteiger partial charge >= 0.3 is 0 Å². The van der Waals surface area contributed by atoms with Crippen LogP contribution in [0, 0.1) is 0 Å². The van der Waals surface area contributed by atoms with Gasteiger partial charge in [0.25, 0.3) is 0 Å². The highest BCUT2D eigenvalue weighted by Gasteiger charge is 2.11. The molecule has 0 heterocycles. The first-order valence-electron chi connectivity index (χ1n) is 5.49. The van der Waals surface area contributed by atoms with E-state index in [0.717, 1.165) is 6.29 Å². The van der Waals surface area contributed by atoms with Crippen molar-refractivity contribution >= 4 is 12.6 Å². The van der Waals surface area contributed by atoms with Crippen molar-refractivity contribution < 1.29 is 14.0 Å². The molecule has 0 radical (unpaired) electrons. The van der Waals surface area contributed by atoms with E-state index in [0.29, 0.717) is 34.1 Å². The molecule has 0 fully saturated rings. The normalized spacial score (nSPS) is 10.1. The van der Waals surface area contributed by atoms with Crippen molar-refractivity contribution in [2.45, 2.75) is 6.67 Å². The Bertz CT molecular complexity index is 591. The second-order valence-corrected chi connectivity index (χ2v) is 3.83. The molecule has 0 aliphatic carbocycles.